The second-order valence-corrected chi connectivity index (χ2v) is 5.62. The fourth-order valence-electron chi connectivity index (χ4n) is 1.58. The molecule has 0 radical (unpaired) electrons. The zero-order valence-electron chi connectivity index (χ0n) is 12.5. The van der Waals surface area contributed by atoms with Gasteiger partial charge in [0.1, 0.15) is 6.04 Å². The van der Waals surface area contributed by atoms with Crippen LogP contribution in [0.2, 0.25) is 0 Å². The first-order chi connectivity index (χ1) is 9.85. The van der Waals surface area contributed by atoms with E-state index in [9.17, 15) is 14.4 Å². The van der Waals surface area contributed by atoms with Crippen LogP contribution in [0.1, 0.15) is 20.8 Å². The Morgan fingerprint density at radius 2 is 2.14 bits per heavy atom. The molecule has 8 nitrogen and oxygen atoms in total. The number of rotatable bonds is 7. The van der Waals surface area contributed by atoms with Crippen molar-refractivity contribution >= 4 is 17.7 Å². The average Bonchev–Trinajstić information content (AvgIpc) is 2.39. The van der Waals surface area contributed by atoms with Gasteiger partial charge in [-0.05, 0) is 6.92 Å². The van der Waals surface area contributed by atoms with Crippen molar-refractivity contribution in [3.8, 4) is 0 Å². The number of aromatic amines is 1. The minimum atomic E-state index is -0.847. The lowest BCUT2D eigenvalue weighted by Gasteiger charge is -2.19. The monoisotopic (exact) mass is 316 g/mol. The molecule has 21 heavy (non-hydrogen) atoms. The van der Waals surface area contributed by atoms with Crippen LogP contribution >= 0.6 is 11.8 Å². The molecule has 0 saturated carbocycles. The van der Waals surface area contributed by atoms with Gasteiger partial charge in [-0.25, -0.2) is 0 Å². The molecule has 2 N–H and O–H groups in total. The fourth-order valence-corrected chi connectivity index (χ4v) is 2.51. The first-order valence-corrected chi connectivity index (χ1v) is 7.56. The summed E-state index contributed by atoms with van der Waals surface area (Å²) in [7, 11) is 1.57. The highest BCUT2D eigenvalue weighted by molar-refractivity contribution is 7.99. The fraction of sp³-hybridized carbons (Fsp3) is 0.667. The maximum Gasteiger partial charge on any atom is 0.339 e. The summed E-state index contributed by atoms with van der Waals surface area (Å²) in [5, 5.41) is 5.79. The van der Waals surface area contributed by atoms with Gasteiger partial charge in [-0.2, -0.15) is 4.98 Å². The molecule has 0 aliphatic heterocycles. The summed E-state index contributed by atoms with van der Waals surface area (Å²) in [5.41, 5.74) is -1.62. The highest BCUT2D eigenvalue weighted by atomic mass is 32.2. The molecular weight excluding hydrogens is 296 g/mol. The first kappa shape index (κ1) is 17.4. The van der Waals surface area contributed by atoms with E-state index in [0.29, 0.717) is 17.5 Å². The minimum Gasteiger partial charge on any atom is -0.465 e. The van der Waals surface area contributed by atoms with Crippen LogP contribution in [-0.2, 0) is 16.6 Å². The van der Waals surface area contributed by atoms with Gasteiger partial charge in [0.25, 0.3) is 0 Å². The molecular formula is C12H20N4O4S. The number of nitrogens with one attached hydrogen (secondary N) is 2. The van der Waals surface area contributed by atoms with E-state index in [0.717, 1.165) is 0 Å². The average molecular weight is 316 g/mol. The highest BCUT2D eigenvalue weighted by Crippen LogP contribution is 2.13. The number of aryl methyl sites for hydroxylation is 1. The minimum absolute atomic E-state index is 0.104. The standard InChI is InChI=1S/C12H20N4O4S/c1-5-20-11(19)8(13-7(2)3)6-21-12-14-9(17)10(18)15-16(12)4/h7-8,13H,5-6H2,1-4H3,(H,15,18). The molecule has 1 aromatic rings. The molecule has 118 valence electrons. The molecule has 0 amide bonds. The summed E-state index contributed by atoms with van der Waals surface area (Å²) >= 11 is 1.19. The molecule has 1 atom stereocenters. The largest absolute Gasteiger partial charge is 0.465 e. The number of thioether (sulfide) groups is 1. The summed E-state index contributed by atoms with van der Waals surface area (Å²) in [5.74, 6) is -0.0169. The van der Waals surface area contributed by atoms with Crippen molar-refractivity contribution < 1.29 is 9.53 Å². The van der Waals surface area contributed by atoms with Crippen molar-refractivity contribution in [1.82, 2.24) is 20.1 Å². The lowest BCUT2D eigenvalue weighted by Crippen LogP contribution is -2.44. The normalized spacial score (nSPS) is 12.4. The van der Waals surface area contributed by atoms with Crippen molar-refractivity contribution in [1.29, 1.82) is 0 Å². The predicted molar refractivity (Wildman–Crippen MR) is 79.5 cm³/mol. The van der Waals surface area contributed by atoms with E-state index in [4.69, 9.17) is 4.74 Å². The Hall–Kier alpha value is -1.61. The third kappa shape index (κ3) is 5.35. The van der Waals surface area contributed by atoms with Crippen molar-refractivity contribution in [2.24, 2.45) is 7.05 Å². The smallest absolute Gasteiger partial charge is 0.339 e. The summed E-state index contributed by atoms with van der Waals surface area (Å²) in [4.78, 5) is 37.9. The van der Waals surface area contributed by atoms with Crippen LogP contribution in [0.3, 0.4) is 0 Å². The van der Waals surface area contributed by atoms with Gasteiger partial charge in [-0.3, -0.25) is 24.2 Å². The summed E-state index contributed by atoms with van der Waals surface area (Å²) in [6.45, 7) is 5.88. The molecule has 0 bridgehead atoms. The second-order valence-electron chi connectivity index (χ2n) is 4.64. The predicted octanol–water partition coefficient (Wildman–Crippen LogP) is -0.510. The first-order valence-electron chi connectivity index (χ1n) is 6.58. The van der Waals surface area contributed by atoms with Gasteiger partial charge in [0.15, 0.2) is 5.16 Å². The summed E-state index contributed by atoms with van der Waals surface area (Å²) in [6, 6.07) is -0.411. The lowest BCUT2D eigenvalue weighted by molar-refractivity contribution is -0.145. The van der Waals surface area contributed by atoms with Crippen LogP contribution in [0.5, 0.6) is 0 Å². The zero-order chi connectivity index (χ0) is 16.0. The number of H-pyrrole nitrogens is 1. The van der Waals surface area contributed by atoms with Crippen LogP contribution in [0.4, 0.5) is 0 Å². The van der Waals surface area contributed by atoms with E-state index < -0.39 is 17.2 Å². The van der Waals surface area contributed by atoms with Crippen molar-refractivity contribution in [3.63, 3.8) is 0 Å². The second kappa shape index (κ2) is 7.99. The summed E-state index contributed by atoms with van der Waals surface area (Å²) < 4.78 is 6.36. The topological polar surface area (TPSA) is 106 Å². The molecule has 0 aliphatic rings. The molecule has 1 rings (SSSR count). The molecule has 0 fully saturated rings. The maximum absolute atomic E-state index is 11.9. The van der Waals surface area contributed by atoms with Crippen LogP contribution in [0.15, 0.2) is 14.7 Å². The van der Waals surface area contributed by atoms with E-state index in [1.54, 1.807) is 14.0 Å². The van der Waals surface area contributed by atoms with E-state index in [2.05, 4.69) is 15.4 Å². The number of aromatic nitrogens is 3. The molecule has 9 heteroatoms. The van der Waals surface area contributed by atoms with Crippen LogP contribution in [-0.4, -0.2) is 45.2 Å². The van der Waals surface area contributed by atoms with Gasteiger partial charge < -0.3 is 10.1 Å². The molecule has 1 aromatic heterocycles. The van der Waals surface area contributed by atoms with E-state index in [-0.39, 0.29) is 12.0 Å². The highest BCUT2D eigenvalue weighted by Gasteiger charge is 2.21. The maximum atomic E-state index is 11.9. The Kier molecular flexibility index (Phi) is 6.63. The molecule has 1 heterocycles. The Labute approximate surface area is 126 Å². The van der Waals surface area contributed by atoms with Gasteiger partial charge in [0, 0.05) is 18.8 Å². The van der Waals surface area contributed by atoms with Gasteiger partial charge in [0.05, 0.1) is 6.61 Å². The number of esters is 1. The van der Waals surface area contributed by atoms with Crippen LogP contribution < -0.4 is 16.4 Å². The zero-order valence-corrected chi connectivity index (χ0v) is 13.3. The Bertz CT molecular complexity index is 596. The number of nitrogens with zero attached hydrogens (tertiary/aromatic N) is 2. The van der Waals surface area contributed by atoms with Gasteiger partial charge in [-0.1, -0.05) is 25.6 Å². The third-order valence-corrected chi connectivity index (χ3v) is 3.56. The van der Waals surface area contributed by atoms with E-state index in [1.807, 2.05) is 13.8 Å². The SMILES string of the molecule is CCOC(=O)C(CSc1nc(=O)c(=O)[nH]n1C)NC(C)C. The van der Waals surface area contributed by atoms with E-state index >= 15 is 0 Å². The summed E-state index contributed by atoms with van der Waals surface area (Å²) in [6.07, 6.45) is 0. The Morgan fingerprint density at radius 3 is 2.71 bits per heavy atom. The molecule has 1 unspecified atom stereocenters. The number of carbonyl (C=O) groups excluding carboxylic acids is 1. The number of carbonyl (C=O) groups is 1. The van der Waals surface area contributed by atoms with Crippen LogP contribution in [0, 0.1) is 0 Å². The molecule has 0 saturated heterocycles. The number of hydrogen-bond acceptors (Lipinski definition) is 7. The number of ether oxygens (including phenoxy) is 1. The van der Waals surface area contributed by atoms with Crippen molar-refractivity contribution in [3.05, 3.63) is 20.7 Å². The molecule has 0 aliphatic carbocycles. The lowest BCUT2D eigenvalue weighted by atomic mass is 10.3. The molecule has 0 spiro atoms. The Balaban J connectivity index is 2.81. The van der Waals surface area contributed by atoms with Crippen LogP contribution in [0.25, 0.3) is 0 Å². The van der Waals surface area contributed by atoms with E-state index in [1.165, 1.54) is 16.4 Å². The molecule has 0 aromatic carbocycles. The van der Waals surface area contributed by atoms with Crippen molar-refractivity contribution in [2.75, 3.05) is 12.4 Å². The van der Waals surface area contributed by atoms with Crippen molar-refractivity contribution in [2.45, 2.75) is 38.0 Å². The number of hydrogen-bond donors (Lipinski definition) is 2. The van der Waals surface area contributed by atoms with Gasteiger partial charge >= 0.3 is 17.1 Å². The quantitative estimate of drug-likeness (QED) is 0.396. The van der Waals surface area contributed by atoms with Gasteiger partial charge in [0.2, 0.25) is 0 Å². The third-order valence-electron chi connectivity index (χ3n) is 2.43. The Morgan fingerprint density at radius 1 is 1.48 bits per heavy atom. The van der Waals surface area contributed by atoms with Gasteiger partial charge in [-0.15, -0.1) is 0 Å².